The second-order valence-corrected chi connectivity index (χ2v) is 6.70. The van der Waals surface area contributed by atoms with Crippen molar-refractivity contribution in [3.63, 3.8) is 0 Å². The summed E-state index contributed by atoms with van der Waals surface area (Å²) in [6, 6.07) is 6.46. The van der Waals surface area contributed by atoms with Crippen molar-refractivity contribution in [2.75, 3.05) is 15.8 Å². The Hall–Kier alpha value is -1.31. The summed E-state index contributed by atoms with van der Waals surface area (Å²) in [6.07, 6.45) is 1.40. The maximum absolute atomic E-state index is 11.7. The molecule has 1 aliphatic carbocycles. The van der Waals surface area contributed by atoms with Gasteiger partial charge in [0.25, 0.3) is 0 Å². The third-order valence-corrected chi connectivity index (χ3v) is 4.34. The molecular formula is C12H18ClN3O3S. The van der Waals surface area contributed by atoms with Crippen LogP contribution in [0.4, 0.5) is 11.4 Å². The number of nitrogens with one attached hydrogen (secondary N) is 2. The van der Waals surface area contributed by atoms with Crippen molar-refractivity contribution in [2.45, 2.75) is 25.3 Å². The van der Waals surface area contributed by atoms with Crippen molar-refractivity contribution < 1.29 is 13.2 Å². The third-order valence-electron chi connectivity index (χ3n) is 3.04. The fourth-order valence-corrected chi connectivity index (χ4v) is 2.13. The highest BCUT2D eigenvalue weighted by molar-refractivity contribution is 7.92. The lowest BCUT2D eigenvalue weighted by Crippen LogP contribution is -2.37. The summed E-state index contributed by atoms with van der Waals surface area (Å²) in [5.74, 6) is -0.185. The van der Waals surface area contributed by atoms with E-state index < -0.39 is 15.6 Å². The van der Waals surface area contributed by atoms with Crippen LogP contribution in [0.3, 0.4) is 0 Å². The van der Waals surface area contributed by atoms with E-state index in [1.54, 1.807) is 31.2 Å². The molecule has 1 aromatic carbocycles. The van der Waals surface area contributed by atoms with Crippen LogP contribution >= 0.6 is 12.4 Å². The molecule has 0 spiro atoms. The molecule has 2 rings (SSSR count). The Morgan fingerprint density at radius 2 is 1.75 bits per heavy atom. The number of amides is 1. The predicted octanol–water partition coefficient (Wildman–Crippen LogP) is 1.30. The van der Waals surface area contributed by atoms with Crippen LogP contribution in [0.2, 0.25) is 0 Å². The van der Waals surface area contributed by atoms with E-state index in [1.165, 1.54) is 0 Å². The Bertz CT molecular complexity index is 582. The third kappa shape index (κ3) is 4.09. The number of carbonyl (C=O) groups excluding carboxylic acids is 1. The standard InChI is InChI=1S/C12H17N3O3S.ClH/c1-2-19(17,18)15-10-5-3-9(4-6-10)14-11(16)12(13)7-8-12;/h3-6,15H,2,7-8,13H2,1H3,(H,14,16);1H. The van der Waals surface area contributed by atoms with Crippen LogP contribution in [0.25, 0.3) is 0 Å². The van der Waals surface area contributed by atoms with E-state index in [9.17, 15) is 13.2 Å². The van der Waals surface area contributed by atoms with Crippen molar-refractivity contribution in [2.24, 2.45) is 5.73 Å². The zero-order chi connectivity index (χ0) is 14.1. The molecule has 0 aliphatic heterocycles. The Labute approximate surface area is 124 Å². The average molecular weight is 320 g/mol. The summed E-state index contributed by atoms with van der Waals surface area (Å²) in [4.78, 5) is 11.7. The summed E-state index contributed by atoms with van der Waals surface area (Å²) < 4.78 is 25.2. The molecule has 0 radical (unpaired) electrons. The van der Waals surface area contributed by atoms with Gasteiger partial charge in [-0.2, -0.15) is 0 Å². The number of hydrogen-bond donors (Lipinski definition) is 3. The van der Waals surface area contributed by atoms with Crippen LogP contribution in [0.15, 0.2) is 24.3 Å². The van der Waals surface area contributed by atoms with Crippen molar-refractivity contribution in [3.05, 3.63) is 24.3 Å². The molecule has 20 heavy (non-hydrogen) atoms. The number of nitrogens with two attached hydrogens (primary N) is 1. The van der Waals surface area contributed by atoms with Crippen molar-refractivity contribution in [3.8, 4) is 0 Å². The van der Waals surface area contributed by atoms with Crippen LogP contribution < -0.4 is 15.8 Å². The molecule has 1 aliphatic rings. The maximum Gasteiger partial charge on any atom is 0.244 e. The molecule has 4 N–H and O–H groups in total. The summed E-state index contributed by atoms with van der Waals surface area (Å²) in [6.45, 7) is 1.56. The number of carbonyl (C=O) groups is 1. The molecule has 1 amide bonds. The lowest BCUT2D eigenvalue weighted by molar-refractivity contribution is -0.118. The smallest absolute Gasteiger partial charge is 0.244 e. The average Bonchev–Trinajstić information content (AvgIpc) is 3.11. The topological polar surface area (TPSA) is 101 Å². The lowest BCUT2D eigenvalue weighted by atomic mass is 10.2. The molecule has 1 fully saturated rings. The summed E-state index contributed by atoms with van der Waals surface area (Å²) in [5, 5.41) is 2.71. The highest BCUT2D eigenvalue weighted by Gasteiger charge is 2.45. The molecule has 112 valence electrons. The fraction of sp³-hybridized carbons (Fsp3) is 0.417. The first-order valence-corrected chi connectivity index (χ1v) is 7.71. The molecule has 0 heterocycles. The van der Waals surface area contributed by atoms with E-state index in [1.807, 2.05) is 0 Å². The number of hydrogen-bond acceptors (Lipinski definition) is 4. The molecule has 0 aromatic heterocycles. The minimum absolute atomic E-state index is 0. The maximum atomic E-state index is 11.7. The van der Waals surface area contributed by atoms with Gasteiger partial charge in [0.2, 0.25) is 15.9 Å². The van der Waals surface area contributed by atoms with E-state index in [0.29, 0.717) is 24.2 Å². The number of rotatable bonds is 5. The van der Waals surface area contributed by atoms with Gasteiger partial charge in [0.05, 0.1) is 11.3 Å². The predicted molar refractivity (Wildman–Crippen MR) is 81.6 cm³/mol. The van der Waals surface area contributed by atoms with Crippen LogP contribution in [0.1, 0.15) is 19.8 Å². The van der Waals surface area contributed by atoms with Crippen LogP contribution in [0, 0.1) is 0 Å². The van der Waals surface area contributed by atoms with Gasteiger partial charge in [-0.25, -0.2) is 8.42 Å². The molecule has 6 nitrogen and oxygen atoms in total. The fourth-order valence-electron chi connectivity index (χ4n) is 1.49. The Kier molecular flexibility index (Phi) is 5.01. The van der Waals surface area contributed by atoms with Crippen molar-refractivity contribution >= 4 is 39.7 Å². The first kappa shape index (κ1) is 16.7. The van der Waals surface area contributed by atoms with Crippen LogP contribution in [-0.2, 0) is 14.8 Å². The molecule has 0 unspecified atom stereocenters. The van der Waals surface area contributed by atoms with Crippen molar-refractivity contribution in [1.82, 2.24) is 0 Å². The zero-order valence-corrected chi connectivity index (χ0v) is 12.7. The first-order valence-electron chi connectivity index (χ1n) is 6.05. The first-order chi connectivity index (χ1) is 8.85. The van der Waals surface area contributed by atoms with Gasteiger partial charge < -0.3 is 11.1 Å². The number of anilines is 2. The van der Waals surface area contributed by atoms with E-state index in [-0.39, 0.29) is 24.1 Å². The number of sulfonamides is 1. The van der Waals surface area contributed by atoms with Gasteiger partial charge in [0.15, 0.2) is 0 Å². The van der Waals surface area contributed by atoms with Crippen molar-refractivity contribution in [1.29, 1.82) is 0 Å². The van der Waals surface area contributed by atoms with E-state index >= 15 is 0 Å². The normalized spacial score (nSPS) is 15.9. The Morgan fingerprint density at radius 1 is 1.25 bits per heavy atom. The van der Waals surface area contributed by atoms with E-state index in [2.05, 4.69) is 10.0 Å². The van der Waals surface area contributed by atoms with E-state index in [0.717, 1.165) is 0 Å². The summed E-state index contributed by atoms with van der Waals surface area (Å²) in [5.41, 5.74) is 6.11. The van der Waals surface area contributed by atoms with Gasteiger partial charge in [-0.1, -0.05) is 0 Å². The molecule has 0 atom stereocenters. The lowest BCUT2D eigenvalue weighted by Gasteiger charge is -2.11. The van der Waals surface area contributed by atoms with E-state index in [4.69, 9.17) is 5.73 Å². The molecule has 1 saturated carbocycles. The molecule has 0 bridgehead atoms. The minimum atomic E-state index is -3.28. The van der Waals surface area contributed by atoms with Gasteiger partial charge in [0, 0.05) is 11.4 Å². The summed E-state index contributed by atoms with van der Waals surface area (Å²) in [7, 11) is -3.28. The summed E-state index contributed by atoms with van der Waals surface area (Å²) >= 11 is 0. The second kappa shape index (κ2) is 5.99. The molecule has 8 heteroatoms. The molecular weight excluding hydrogens is 302 g/mol. The number of halogens is 1. The molecule has 1 aromatic rings. The van der Waals surface area contributed by atoms with Gasteiger partial charge in [-0.15, -0.1) is 12.4 Å². The molecule has 0 saturated heterocycles. The highest BCUT2D eigenvalue weighted by atomic mass is 35.5. The zero-order valence-electron chi connectivity index (χ0n) is 11.0. The number of benzene rings is 1. The van der Waals surface area contributed by atoms with Gasteiger partial charge in [-0.3, -0.25) is 9.52 Å². The van der Waals surface area contributed by atoms with Gasteiger partial charge in [-0.05, 0) is 44.0 Å². The SMILES string of the molecule is CCS(=O)(=O)Nc1ccc(NC(=O)C2(N)CC2)cc1.Cl. The van der Waals surface area contributed by atoms with Gasteiger partial charge in [0.1, 0.15) is 0 Å². The quantitative estimate of drug-likeness (QED) is 0.761. The highest BCUT2D eigenvalue weighted by Crippen LogP contribution is 2.33. The monoisotopic (exact) mass is 319 g/mol. The largest absolute Gasteiger partial charge is 0.324 e. The second-order valence-electron chi connectivity index (χ2n) is 4.69. The minimum Gasteiger partial charge on any atom is -0.324 e. The van der Waals surface area contributed by atoms with Crippen LogP contribution in [0.5, 0.6) is 0 Å². The Morgan fingerprint density at radius 3 is 2.20 bits per heavy atom. The van der Waals surface area contributed by atoms with Gasteiger partial charge >= 0.3 is 0 Å². The van der Waals surface area contributed by atoms with Crippen LogP contribution in [-0.4, -0.2) is 25.6 Å². The Balaban J connectivity index is 0.00000200.